The van der Waals surface area contributed by atoms with Crippen molar-refractivity contribution in [2.24, 2.45) is 0 Å². The molecule has 0 amide bonds. The van der Waals surface area contributed by atoms with Crippen molar-refractivity contribution in [1.82, 2.24) is 4.98 Å². The molecule has 12 heavy (non-hydrogen) atoms. The van der Waals surface area contributed by atoms with Gasteiger partial charge in [0, 0.05) is 5.56 Å². The van der Waals surface area contributed by atoms with Gasteiger partial charge in [0.1, 0.15) is 6.07 Å². The molecule has 0 fully saturated rings. The van der Waals surface area contributed by atoms with Crippen LogP contribution in [0.2, 0.25) is 5.02 Å². The van der Waals surface area contributed by atoms with Crippen LogP contribution in [-0.2, 0) is 0 Å². The Balaban J connectivity index is 3.36. The number of rotatable bonds is 1. The van der Waals surface area contributed by atoms with Gasteiger partial charge >= 0.3 is 0 Å². The summed E-state index contributed by atoms with van der Waals surface area (Å²) in [5, 5.41) is 9.06. The largest absolute Gasteiger partial charge is 0.481 e. The topological polar surface area (TPSA) is 45.9 Å². The van der Waals surface area contributed by atoms with E-state index in [4.69, 9.17) is 21.6 Å². The first kappa shape index (κ1) is 8.82. The van der Waals surface area contributed by atoms with E-state index in [2.05, 4.69) is 4.98 Å². The summed E-state index contributed by atoms with van der Waals surface area (Å²) in [6, 6.07) is 1.99. The van der Waals surface area contributed by atoms with E-state index in [0.29, 0.717) is 22.0 Å². The first-order chi connectivity index (χ1) is 5.70. The third kappa shape index (κ3) is 1.34. The second-order valence-corrected chi connectivity index (χ2v) is 2.63. The lowest BCUT2D eigenvalue weighted by Crippen LogP contribution is -1.94. The normalized spacial score (nSPS) is 9.17. The number of methoxy groups -OCH3 is 1. The van der Waals surface area contributed by atoms with Gasteiger partial charge in [-0.1, -0.05) is 11.6 Å². The van der Waals surface area contributed by atoms with Crippen LogP contribution in [0.4, 0.5) is 0 Å². The Bertz CT molecular complexity index is 344. The molecule has 1 aromatic rings. The van der Waals surface area contributed by atoms with Crippen LogP contribution in [0, 0.1) is 18.3 Å². The smallest absolute Gasteiger partial charge is 0.217 e. The van der Waals surface area contributed by atoms with E-state index >= 15 is 0 Å². The zero-order chi connectivity index (χ0) is 9.14. The first-order valence-electron chi connectivity index (χ1n) is 3.30. The molecule has 0 radical (unpaired) electrons. The fraction of sp³-hybridized carbons (Fsp3) is 0.250. The van der Waals surface area contributed by atoms with Gasteiger partial charge in [-0.25, -0.2) is 4.98 Å². The van der Waals surface area contributed by atoms with Crippen LogP contribution in [0.25, 0.3) is 0 Å². The molecule has 0 aliphatic rings. The van der Waals surface area contributed by atoms with Crippen molar-refractivity contribution >= 4 is 11.6 Å². The molecule has 0 saturated carbocycles. The van der Waals surface area contributed by atoms with Crippen molar-refractivity contribution in [1.29, 1.82) is 5.26 Å². The fourth-order valence-electron chi connectivity index (χ4n) is 0.906. The molecular formula is C8H7ClN2O. The summed E-state index contributed by atoms with van der Waals surface area (Å²) in [7, 11) is 1.50. The first-order valence-corrected chi connectivity index (χ1v) is 3.67. The number of aromatic nitrogens is 1. The maximum absolute atomic E-state index is 8.70. The molecule has 0 atom stereocenters. The SMILES string of the molecule is COc1ncc(Cl)c(C#N)c1C. The molecule has 1 heterocycles. The number of ether oxygens (including phenoxy) is 1. The van der Waals surface area contributed by atoms with Crippen LogP contribution in [0.3, 0.4) is 0 Å². The molecule has 0 unspecified atom stereocenters. The zero-order valence-electron chi connectivity index (χ0n) is 6.76. The number of hydrogen-bond donors (Lipinski definition) is 0. The zero-order valence-corrected chi connectivity index (χ0v) is 7.51. The van der Waals surface area contributed by atoms with Crippen LogP contribution in [-0.4, -0.2) is 12.1 Å². The van der Waals surface area contributed by atoms with E-state index in [9.17, 15) is 0 Å². The number of nitriles is 1. The highest BCUT2D eigenvalue weighted by atomic mass is 35.5. The van der Waals surface area contributed by atoms with E-state index in [1.165, 1.54) is 13.3 Å². The van der Waals surface area contributed by atoms with Crippen LogP contribution in [0.5, 0.6) is 5.88 Å². The number of pyridine rings is 1. The number of halogens is 1. The highest BCUT2D eigenvalue weighted by Gasteiger charge is 2.09. The van der Waals surface area contributed by atoms with Gasteiger partial charge in [-0.2, -0.15) is 5.26 Å². The molecule has 1 rings (SSSR count). The minimum absolute atomic E-state index is 0.357. The third-order valence-electron chi connectivity index (χ3n) is 1.53. The Morgan fingerprint density at radius 2 is 2.33 bits per heavy atom. The summed E-state index contributed by atoms with van der Waals surface area (Å²) in [6.07, 6.45) is 1.41. The number of hydrogen-bond acceptors (Lipinski definition) is 3. The summed E-state index contributed by atoms with van der Waals surface area (Å²) in [5.74, 6) is 0.441. The summed E-state index contributed by atoms with van der Waals surface area (Å²) >= 11 is 5.72. The minimum Gasteiger partial charge on any atom is -0.481 e. The minimum atomic E-state index is 0.357. The molecule has 62 valence electrons. The Labute approximate surface area is 75.6 Å². The lowest BCUT2D eigenvalue weighted by Gasteiger charge is -2.04. The monoisotopic (exact) mass is 182 g/mol. The molecule has 4 heteroatoms. The maximum Gasteiger partial charge on any atom is 0.217 e. The van der Waals surface area contributed by atoms with Crippen molar-refractivity contribution in [3.8, 4) is 11.9 Å². The summed E-state index contributed by atoms with van der Waals surface area (Å²) in [5.41, 5.74) is 1.09. The summed E-state index contributed by atoms with van der Waals surface area (Å²) in [4.78, 5) is 3.90. The lowest BCUT2D eigenvalue weighted by molar-refractivity contribution is 0.394. The van der Waals surface area contributed by atoms with E-state index in [1.54, 1.807) is 6.92 Å². The molecule has 0 saturated heterocycles. The maximum atomic E-state index is 8.70. The Hall–Kier alpha value is -1.27. The average Bonchev–Trinajstić information content (AvgIpc) is 2.06. The van der Waals surface area contributed by atoms with Crippen LogP contribution < -0.4 is 4.74 Å². The van der Waals surface area contributed by atoms with Gasteiger partial charge in [-0.3, -0.25) is 0 Å². The highest BCUT2D eigenvalue weighted by Crippen LogP contribution is 2.23. The van der Waals surface area contributed by atoms with E-state index in [1.807, 2.05) is 6.07 Å². The van der Waals surface area contributed by atoms with Gasteiger partial charge in [0.2, 0.25) is 5.88 Å². The number of nitrogens with zero attached hydrogens (tertiary/aromatic N) is 2. The van der Waals surface area contributed by atoms with E-state index in [0.717, 1.165) is 0 Å². The van der Waals surface area contributed by atoms with E-state index < -0.39 is 0 Å². The van der Waals surface area contributed by atoms with Crippen molar-refractivity contribution in [2.45, 2.75) is 6.92 Å². The van der Waals surface area contributed by atoms with Crippen molar-refractivity contribution in [2.75, 3.05) is 7.11 Å². The molecule has 0 aromatic carbocycles. The van der Waals surface area contributed by atoms with Crippen molar-refractivity contribution in [3.05, 3.63) is 22.3 Å². The van der Waals surface area contributed by atoms with Gasteiger partial charge in [-0.15, -0.1) is 0 Å². The van der Waals surface area contributed by atoms with E-state index in [-0.39, 0.29) is 0 Å². The molecule has 0 bridgehead atoms. The molecule has 1 aromatic heterocycles. The highest BCUT2D eigenvalue weighted by molar-refractivity contribution is 6.31. The Kier molecular flexibility index (Phi) is 2.51. The lowest BCUT2D eigenvalue weighted by atomic mass is 10.2. The molecule has 0 aliphatic heterocycles. The van der Waals surface area contributed by atoms with Crippen LogP contribution in [0.1, 0.15) is 11.1 Å². The second-order valence-electron chi connectivity index (χ2n) is 2.23. The quantitative estimate of drug-likeness (QED) is 0.667. The summed E-state index contributed by atoms with van der Waals surface area (Å²) < 4.78 is 4.92. The molecule has 0 N–H and O–H groups in total. The summed E-state index contributed by atoms with van der Waals surface area (Å²) in [6.45, 7) is 1.75. The molecule has 0 spiro atoms. The van der Waals surface area contributed by atoms with Gasteiger partial charge < -0.3 is 4.74 Å². The van der Waals surface area contributed by atoms with Gasteiger partial charge in [0.25, 0.3) is 0 Å². The third-order valence-corrected chi connectivity index (χ3v) is 1.82. The Morgan fingerprint density at radius 3 is 2.83 bits per heavy atom. The Morgan fingerprint density at radius 1 is 1.67 bits per heavy atom. The predicted octanol–water partition coefficient (Wildman–Crippen LogP) is 1.92. The van der Waals surface area contributed by atoms with Crippen molar-refractivity contribution in [3.63, 3.8) is 0 Å². The van der Waals surface area contributed by atoms with Crippen LogP contribution in [0.15, 0.2) is 6.20 Å². The second kappa shape index (κ2) is 3.42. The predicted molar refractivity (Wildman–Crippen MR) is 45.3 cm³/mol. The fourth-order valence-corrected chi connectivity index (χ4v) is 1.14. The van der Waals surface area contributed by atoms with Gasteiger partial charge in [-0.05, 0) is 6.92 Å². The van der Waals surface area contributed by atoms with Crippen LogP contribution >= 0.6 is 11.6 Å². The average molecular weight is 183 g/mol. The molecule has 0 aliphatic carbocycles. The molecule has 3 nitrogen and oxygen atoms in total. The standard InChI is InChI=1S/C8H7ClN2O/c1-5-6(3-10)7(9)4-11-8(5)12-2/h4H,1-2H3. The molecular weight excluding hydrogens is 176 g/mol. The van der Waals surface area contributed by atoms with Gasteiger partial charge in [0.15, 0.2) is 0 Å². The van der Waals surface area contributed by atoms with Gasteiger partial charge in [0.05, 0.1) is 23.9 Å². The van der Waals surface area contributed by atoms with Crippen molar-refractivity contribution < 1.29 is 4.74 Å².